The van der Waals surface area contributed by atoms with Gasteiger partial charge in [0.05, 0.1) is 0 Å². The SMILES string of the molecule is CC(=O)O.O=c1ccn(Cl)cc1. The fourth-order valence-electron chi connectivity index (χ4n) is 0.395. The van der Waals surface area contributed by atoms with E-state index in [4.69, 9.17) is 21.7 Å². The third-order valence-corrected chi connectivity index (χ3v) is 0.988. The van der Waals surface area contributed by atoms with Gasteiger partial charge in [-0.1, -0.05) is 0 Å². The van der Waals surface area contributed by atoms with Crippen molar-refractivity contribution in [1.29, 1.82) is 0 Å². The highest BCUT2D eigenvalue weighted by molar-refractivity contribution is 6.15. The smallest absolute Gasteiger partial charge is 0.300 e. The molecule has 5 heteroatoms. The predicted molar refractivity (Wildman–Crippen MR) is 45.3 cm³/mol. The Kier molecular flexibility index (Phi) is 4.79. The van der Waals surface area contributed by atoms with Gasteiger partial charge < -0.3 is 5.11 Å². The Balaban J connectivity index is 0.000000261. The van der Waals surface area contributed by atoms with Crippen molar-refractivity contribution in [1.82, 2.24) is 4.09 Å². The number of nitrogens with zero attached hydrogens (tertiary/aromatic N) is 1. The van der Waals surface area contributed by atoms with Gasteiger partial charge >= 0.3 is 0 Å². The standard InChI is InChI=1S/C5H4ClNO.C2H4O2/c6-7-3-1-5(8)2-4-7;1-2(3)4/h1-4H;1H3,(H,3,4). The Bertz CT molecular complexity index is 283. The second kappa shape index (κ2) is 5.37. The summed E-state index contributed by atoms with van der Waals surface area (Å²) in [7, 11) is 0. The van der Waals surface area contributed by atoms with E-state index in [1.807, 2.05) is 0 Å². The van der Waals surface area contributed by atoms with Gasteiger partial charge in [0.1, 0.15) is 0 Å². The van der Waals surface area contributed by atoms with Crippen LogP contribution in [0, 0.1) is 0 Å². The Morgan fingerprint density at radius 3 is 2.08 bits per heavy atom. The van der Waals surface area contributed by atoms with Gasteiger partial charge in [0, 0.05) is 43.2 Å². The monoisotopic (exact) mass is 189 g/mol. The lowest BCUT2D eigenvalue weighted by atomic mass is 10.5. The molecule has 0 saturated carbocycles. The van der Waals surface area contributed by atoms with Gasteiger partial charge in [-0.25, -0.2) is 0 Å². The molecule has 1 N–H and O–H groups in total. The summed E-state index contributed by atoms with van der Waals surface area (Å²) in [6, 6.07) is 2.79. The first-order chi connectivity index (χ1) is 5.52. The zero-order chi connectivity index (χ0) is 9.56. The van der Waals surface area contributed by atoms with Crippen molar-refractivity contribution in [2.45, 2.75) is 6.92 Å². The summed E-state index contributed by atoms with van der Waals surface area (Å²) in [6.45, 7) is 1.08. The fraction of sp³-hybridized carbons (Fsp3) is 0.143. The van der Waals surface area contributed by atoms with Crippen LogP contribution in [0.4, 0.5) is 0 Å². The molecule has 12 heavy (non-hydrogen) atoms. The van der Waals surface area contributed by atoms with Crippen molar-refractivity contribution in [3.63, 3.8) is 0 Å². The minimum absolute atomic E-state index is 0.0260. The summed E-state index contributed by atoms with van der Waals surface area (Å²) in [6.07, 6.45) is 2.98. The zero-order valence-electron chi connectivity index (χ0n) is 6.40. The molecule has 1 aromatic rings. The minimum atomic E-state index is -0.833. The molecule has 1 rings (SSSR count). The molecule has 0 unspecified atom stereocenters. The average Bonchev–Trinajstić information content (AvgIpc) is 1.94. The predicted octanol–water partition coefficient (Wildman–Crippen LogP) is 0.941. The molecule has 0 saturated heterocycles. The van der Waals surface area contributed by atoms with Gasteiger partial charge in [0.2, 0.25) is 0 Å². The topological polar surface area (TPSA) is 59.3 Å². The molecule has 0 bridgehead atoms. The summed E-state index contributed by atoms with van der Waals surface area (Å²) in [5.74, 6) is -0.833. The molecule has 0 aromatic carbocycles. The molecular formula is C7H8ClNO3. The van der Waals surface area contributed by atoms with E-state index in [-0.39, 0.29) is 5.43 Å². The summed E-state index contributed by atoms with van der Waals surface area (Å²) in [4.78, 5) is 19.3. The highest BCUT2D eigenvalue weighted by atomic mass is 35.5. The molecule has 0 spiro atoms. The van der Waals surface area contributed by atoms with E-state index in [1.165, 1.54) is 28.6 Å². The van der Waals surface area contributed by atoms with Crippen LogP contribution in [0.15, 0.2) is 29.3 Å². The lowest BCUT2D eigenvalue weighted by Crippen LogP contribution is -1.95. The lowest BCUT2D eigenvalue weighted by molar-refractivity contribution is -0.134. The third-order valence-electron chi connectivity index (χ3n) is 0.762. The van der Waals surface area contributed by atoms with Crippen LogP contribution < -0.4 is 5.43 Å². The van der Waals surface area contributed by atoms with Crippen LogP contribution in [0.3, 0.4) is 0 Å². The number of aromatic nitrogens is 1. The van der Waals surface area contributed by atoms with Gasteiger partial charge in [-0.05, 0) is 0 Å². The summed E-state index contributed by atoms with van der Waals surface area (Å²) >= 11 is 5.39. The molecule has 1 heterocycles. The van der Waals surface area contributed by atoms with Gasteiger partial charge in [-0.3, -0.25) is 13.7 Å². The molecule has 0 radical (unpaired) electrons. The van der Waals surface area contributed by atoms with E-state index in [0.717, 1.165) is 6.92 Å². The Labute approximate surface area is 74.1 Å². The molecule has 0 amide bonds. The van der Waals surface area contributed by atoms with Crippen LogP contribution in [-0.2, 0) is 4.79 Å². The normalized spacial score (nSPS) is 8.17. The van der Waals surface area contributed by atoms with E-state index in [9.17, 15) is 4.79 Å². The number of carboxylic acids is 1. The van der Waals surface area contributed by atoms with Crippen LogP contribution >= 0.6 is 11.8 Å². The molecule has 0 fully saturated rings. The molecule has 4 nitrogen and oxygen atoms in total. The maximum absolute atomic E-state index is 10.3. The highest BCUT2D eigenvalue weighted by Crippen LogP contribution is 1.83. The quantitative estimate of drug-likeness (QED) is 0.661. The second-order valence-electron chi connectivity index (χ2n) is 1.90. The van der Waals surface area contributed by atoms with Gasteiger partial charge in [0.15, 0.2) is 5.43 Å². The molecular weight excluding hydrogens is 182 g/mol. The number of carboxylic acid groups (broad SMARTS) is 1. The van der Waals surface area contributed by atoms with Crippen molar-refractivity contribution in [2.75, 3.05) is 0 Å². The van der Waals surface area contributed by atoms with Crippen LogP contribution in [0.1, 0.15) is 6.92 Å². The van der Waals surface area contributed by atoms with Gasteiger partial charge in [-0.2, -0.15) is 0 Å². The largest absolute Gasteiger partial charge is 0.481 e. The molecule has 0 aliphatic heterocycles. The van der Waals surface area contributed by atoms with Crippen molar-refractivity contribution in [3.8, 4) is 0 Å². The van der Waals surface area contributed by atoms with Crippen molar-refractivity contribution >= 4 is 17.7 Å². The van der Waals surface area contributed by atoms with E-state index < -0.39 is 5.97 Å². The summed E-state index contributed by atoms with van der Waals surface area (Å²) in [5, 5.41) is 7.42. The highest BCUT2D eigenvalue weighted by Gasteiger charge is 1.78. The van der Waals surface area contributed by atoms with E-state index in [1.54, 1.807) is 0 Å². The Hall–Kier alpha value is -1.29. The Morgan fingerprint density at radius 1 is 1.50 bits per heavy atom. The number of hydrogen-bond donors (Lipinski definition) is 1. The minimum Gasteiger partial charge on any atom is -0.481 e. The van der Waals surface area contributed by atoms with E-state index in [0.29, 0.717) is 0 Å². The van der Waals surface area contributed by atoms with Crippen LogP contribution in [0.5, 0.6) is 0 Å². The molecule has 0 atom stereocenters. The summed E-state index contributed by atoms with van der Waals surface area (Å²) < 4.78 is 1.29. The maximum atomic E-state index is 10.3. The van der Waals surface area contributed by atoms with Gasteiger partial charge in [0.25, 0.3) is 5.97 Å². The van der Waals surface area contributed by atoms with Crippen molar-refractivity contribution < 1.29 is 9.90 Å². The number of rotatable bonds is 0. The number of pyridine rings is 1. The van der Waals surface area contributed by atoms with Gasteiger partial charge in [-0.15, -0.1) is 0 Å². The number of hydrogen-bond acceptors (Lipinski definition) is 2. The zero-order valence-corrected chi connectivity index (χ0v) is 7.15. The van der Waals surface area contributed by atoms with Crippen molar-refractivity contribution in [3.05, 3.63) is 34.7 Å². The second-order valence-corrected chi connectivity index (χ2v) is 2.29. The van der Waals surface area contributed by atoms with Crippen LogP contribution in [0.25, 0.3) is 0 Å². The average molecular weight is 190 g/mol. The first-order valence-electron chi connectivity index (χ1n) is 3.06. The molecule has 0 aliphatic rings. The summed E-state index contributed by atoms with van der Waals surface area (Å²) in [5.41, 5.74) is -0.0260. The van der Waals surface area contributed by atoms with Crippen LogP contribution in [0.2, 0.25) is 0 Å². The Morgan fingerprint density at radius 2 is 1.83 bits per heavy atom. The van der Waals surface area contributed by atoms with E-state index in [2.05, 4.69) is 0 Å². The molecule has 0 aliphatic carbocycles. The first-order valence-corrected chi connectivity index (χ1v) is 3.40. The fourth-order valence-corrected chi connectivity index (χ4v) is 0.507. The number of carbonyl (C=O) groups is 1. The third kappa shape index (κ3) is 6.82. The number of halogens is 1. The molecule has 66 valence electrons. The number of aliphatic carboxylic acids is 1. The lowest BCUT2D eigenvalue weighted by Gasteiger charge is -1.85. The van der Waals surface area contributed by atoms with Crippen molar-refractivity contribution in [2.24, 2.45) is 0 Å². The molecule has 1 aromatic heterocycles. The van der Waals surface area contributed by atoms with E-state index >= 15 is 0 Å². The maximum Gasteiger partial charge on any atom is 0.300 e. The first kappa shape index (κ1) is 10.7. The van der Waals surface area contributed by atoms with Crippen LogP contribution in [-0.4, -0.2) is 15.2 Å².